The van der Waals surface area contributed by atoms with Crippen LogP contribution in [0.4, 0.5) is 0 Å². The van der Waals surface area contributed by atoms with Crippen LogP contribution in [-0.4, -0.2) is 28.5 Å². The van der Waals surface area contributed by atoms with Crippen LogP contribution in [0.5, 0.6) is 0 Å². The summed E-state index contributed by atoms with van der Waals surface area (Å²) in [7, 11) is 0. The summed E-state index contributed by atoms with van der Waals surface area (Å²) in [6.07, 6.45) is 5.29. The van der Waals surface area contributed by atoms with Gasteiger partial charge in [0.05, 0.1) is 12.7 Å². The average molecular weight is 240 g/mol. The first-order valence-corrected chi connectivity index (χ1v) is 6.95. The van der Waals surface area contributed by atoms with E-state index in [0.717, 1.165) is 31.6 Å². The zero-order valence-electron chi connectivity index (χ0n) is 9.87. The number of aliphatic hydroxyl groups excluding tert-OH is 1. The van der Waals surface area contributed by atoms with E-state index in [2.05, 4.69) is 13.5 Å². The van der Waals surface area contributed by atoms with Crippen LogP contribution in [0.15, 0.2) is 23.8 Å². The topological polar surface area (TPSA) is 29.5 Å². The Balaban J connectivity index is 2.24. The molecular formula is C13H20O2S. The Kier molecular flexibility index (Phi) is 3.77. The molecule has 1 aliphatic heterocycles. The van der Waals surface area contributed by atoms with E-state index in [1.54, 1.807) is 6.08 Å². The number of thioether (sulfide) groups is 1. The van der Waals surface area contributed by atoms with Crippen LogP contribution in [0.25, 0.3) is 0 Å². The van der Waals surface area contributed by atoms with Crippen molar-refractivity contribution in [1.82, 2.24) is 0 Å². The normalized spacial score (nSPS) is 32.1. The molecule has 0 aromatic rings. The molecule has 1 fully saturated rings. The molecule has 3 heteroatoms. The summed E-state index contributed by atoms with van der Waals surface area (Å²) in [5, 5.41) is 10.1. The van der Waals surface area contributed by atoms with E-state index in [-0.39, 0.29) is 11.0 Å². The molecule has 0 bridgehead atoms. The second-order valence-corrected chi connectivity index (χ2v) is 5.85. The van der Waals surface area contributed by atoms with Crippen molar-refractivity contribution in [2.45, 2.75) is 43.6 Å². The predicted molar refractivity (Wildman–Crippen MR) is 68.5 cm³/mol. The van der Waals surface area contributed by atoms with Gasteiger partial charge < -0.3 is 9.84 Å². The minimum Gasteiger partial charge on any atom is -0.388 e. The summed E-state index contributed by atoms with van der Waals surface area (Å²) in [5.74, 6) is 1.07. The molecule has 0 aromatic heterocycles. The molecule has 2 aliphatic rings. The van der Waals surface area contributed by atoms with Gasteiger partial charge in [-0.3, -0.25) is 0 Å². The van der Waals surface area contributed by atoms with Gasteiger partial charge in [0.1, 0.15) is 4.93 Å². The third kappa shape index (κ3) is 2.08. The zero-order chi connectivity index (χ0) is 11.6. The Hall–Kier alpha value is -0.250. The highest BCUT2D eigenvalue weighted by Crippen LogP contribution is 2.48. The van der Waals surface area contributed by atoms with Crippen molar-refractivity contribution in [1.29, 1.82) is 0 Å². The van der Waals surface area contributed by atoms with Crippen molar-refractivity contribution in [2.75, 3.05) is 12.4 Å². The Morgan fingerprint density at radius 2 is 2.50 bits per heavy atom. The van der Waals surface area contributed by atoms with Crippen molar-refractivity contribution < 1.29 is 9.84 Å². The van der Waals surface area contributed by atoms with Crippen molar-refractivity contribution in [3.63, 3.8) is 0 Å². The average Bonchev–Trinajstić information content (AvgIpc) is 2.72. The standard InChI is InChI=1S/C13H20O2S/c1-3-5-12(14)11-6-4-7-13(10(11)2)15-8-9-16-13/h3,12,14H,1,4-9H2,2H3/t12-,13-/m1/s1. The number of aliphatic hydroxyl groups is 1. The molecule has 1 spiro atoms. The van der Waals surface area contributed by atoms with Gasteiger partial charge in [0.15, 0.2) is 0 Å². The molecule has 2 rings (SSSR count). The van der Waals surface area contributed by atoms with Crippen LogP contribution in [0, 0.1) is 0 Å². The Labute approximate surface area is 102 Å². The van der Waals surface area contributed by atoms with Crippen LogP contribution < -0.4 is 0 Å². The van der Waals surface area contributed by atoms with Gasteiger partial charge in [-0.15, -0.1) is 18.3 Å². The Bertz CT molecular complexity index is 303. The summed E-state index contributed by atoms with van der Waals surface area (Å²) in [6, 6.07) is 0. The molecule has 0 aromatic carbocycles. The zero-order valence-corrected chi connectivity index (χ0v) is 10.7. The van der Waals surface area contributed by atoms with E-state index in [1.807, 2.05) is 11.8 Å². The summed E-state index contributed by atoms with van der Waals surface area (Å²) in [6.45, 7) is 6.65. The molecule has 2 atom stereocenters. The van der Waals surface area contributed by atoms with Gasteiger partial charge in [0.2, 0.25) is 0 Å². The molecular weight excluding hydrogens is 220 g/mol. The van der Waals surface area contributed by atoms with Crippen LogP contribution in [0.2, 0.25) is 0 Å². The van der Waals surface area contributed by atoms with Gasteiger partial charge >= 0.3 is 0 Å². The van der Waals surface area contributed by atoms with E-state index in [9.17, 15) is 5.11 Å². The predicted octanol–water partition coefficient (Wildman–Crippen LogP) is 2.88. The highest BCUT2D eigenvalue weighted by atomic mass is 32.2. The lowest BCUT2D eigenvalue weighted by atomic mass is 9.86. The van der Waals surface area contributed by atoms with Gasteiger partial charge in [0.25, 0.3) is 0 Å². The van der Waals surface area contributed by atoms with Gasteiger partial charge in [-0.05, 0) is 43.8 Å². The highest BCUT2D eigenvalue weighted by Gasteiger charge is 2.41. The molecule has 1 heterocycles. The molecule has 0 amide bonds. The molecule has 1 saturated heterocycles. The number of rotatable bonds is 3. The van der Waals surface area contributed by atoms with Gasteiger partial charge in [0, 0.05) is 5.75 Å². The second-order valence-electron chi connectivity index (χ2n) is 4.49. The lowest BCUT2D eigenvalue weighted by molar-refractivity contribution is 0.0616. The molecule has 1 N–H and O–H groups in total. The van der Waals surface area contributed by atoms with E-state index in [1.165, 1.54) is 11.1 Å². The van der Waals surface area contributed by atoms with Crippen molar-refractivity contribution in [3.8, 4) is 0 Å². The Morgan fingerprint density at radius 3 is 3.12 bits per heavy atom. The monoisotopic (exact) mass is 240 g/mol. The fourth-order valence-electron chi connectivity index (χ4n) is 2.66. The van der Waals surface area contributed by atoms with Crippen LogP contribution in [-0.2, 0) is 4.74 Å². The molecule has 2 nitrogen and oxygen atoms in total. The first kappa shape index (κ1) is 12.2. The van der Waals surface area contributed by atoms with Crippen molar-refractivity contribution >= 4 is 11.8 Å². The Morgan fingerprint density at radius 1 is 1.69 bits per heavy atom. The van der Waals surface area contributed by atoms with Crippen molar-refractivity contribution in [2.24, 2.45) is 0 Å². The maximum absolute atomic E-state index is 10.1. The summed E-state index contributed by atoms with van der Waals surface area (Å²) in [5.41, 5.74) is 2.44. The number of ether oxygens (including phenoxy) is 1. The summed E-state index contributed by atoms with van der Waals surface area (Å²) < 4.78 is 5.92. The maximum Gasteiger partial charge on any atom is 0.135 e. The van der Waals surface area contributed by atoms with Crippen LogP contribution in [0.3, 0.4) is 0 Å². The highest BCUT2D eigenvalue weighted by molar-refractivity contribution is 8.00. The first-order valence-electron chi connectivity index (χ1n) is 5.96. The molecule has 1 aliphatic carbocycles. The van der Waals surface area contributed by atoms with Gasteiger partial charge in [-0.25, -0.2) is 0 Å². The van der Waals surface area contributed by atoms with E-state index < -0.39 is 0 Å². The lowest BCUT2D eigenvalue weighted by Gasteiger charge is -2.36. The smallest absolute Gasteiger partial charge is 0.135 e. The van der Waals surface area contributed by atoms with Crippen LogP contribution in [0.1, 0.15) is 32.6 Å². The minimum atomic E-state index is -0.362. The lowest BCUT2D eigenvalue weighted by Crippen LogP contribution is -2.32. The first-order chi connectivity index (χ1) is 7.69. The largest absolute Gasteiger partial charge is 0.388 e. The minimum absolute atomic E-state index is 0.115. The molecule has 90 valence electrons. The second kappa shape index (κ2) is 4.94. The van der Waals surface area contributed by atoms with E-state index in [4.69, 9.17) is 4.74 Å². The number of hydrogen-bond acceptors (Lipinski definition) is 3. The molecule has 0 unspecified atom stereocenters. The van der Waals surface area contributed by atoms with Crippen LogP contribution >= 0.6 is 11.8 Å². The molecule has 16 heavy (non-hydrogen) atoms. The molecule has 0 radical (unpaired) electrons. The molecule has 0 saturated carbocycles. The summed E-state index contributed by atoms with van der Waals surface area (Å²) >= 11 is 1.90. The summed E-state index contributed by atoms with van der Waals surface area (Å²) in [4.78, 5) is -0.115. The van der Waals surface area contributed by atoms with Crippen molar-refractivity contribution in [3.05, 3.63) is 23.8 Å². The van der Waals surface area contributed by atoms with Gasteiger partial charge in [-0.2, -0.15) is 0 Å². The fraction of sp³-hybridized carbons (Fsp3) is 0.692. The van der Waals surface area contributed by atoms with E-state index >= 15 is 0 Å². The SMILES string of the molecule is C=CC[C@@H](O)C1=C(C)[C@]2(CCC1)OCCS2. The number of hydrogen-bond donors (Lipinski definition) is 1. The third-order valence-electron chi connectivity index (χ3n) is 3.55. The van der Waals surface area contributed by atoms with E-state index in [0.29, 0.717) is 6.42 Å². The fourth-order valence-corrected chi connectivity index (χ4v) is 3.96. The van der Waals surface area contributed by atoms with Gasteiger partial charge in [-0.1, -0.05) is 6.08 Å². The third-order valence-corrected chi connectivity index (χ3v) is 5.02. The quantitative estimate of drug-likeness (QED) is 0.769. The maximum atomic E-state index is 10.1.